The van der Waals surface area contributed by atoms with Crippen LogP contribution in [0.5, 0.6) is 0 Å². The number of carbonyl (C=O) groups excluding carboxylic acids is 1. The number of carbonyl (C=O) groups is 1. The molecule has 0 bridgehead atoms. The number of nitrogens with zero attached hydrogens (tertiary/aromatic N) is 3. The van der Waals surface area contributed by atoms with Gasteiger partial charge in [-0.05, 0) is 26.3 Å². The normalized spacial score (nSPS) is 10.9. The van der Waals surface area contributed by atoms with Crippen LogP contribution in [-0.4, -0.2) is 39.7 Å². The van der Waals surface area contributed by atoms with Gasteiger partial charge in [0.2, 0.25) is 0 Å². The molecular weight excluding hydrogens is 216 g/mol. The Morgan fingerprint density at radius 2 is 2.24 bits per heavy atom. The zero-order chi connectivity index (χ0) is 13.0. The molecule has 0 radical (unpaired) electrons. The molecule has 5 heteroatoms. The van der Waals surface area contributed by atoms with E-state index in [4.69, 9.17) is 5.73 Å². The average Bonchev–Trinajstić information content (AvgIpc) is 2.66. The van der Waals surface area contributed by atoms with E-state index in [1.54, 1.807) is 16.6 Å². The van der Waals surface area contributed by atoms with Gasteiger partial charge in [0.1, 0.15) is 5.69 Å². The van der Waals surface area contributed by atoms with Gasteiger partial charge in [0, 0.05) is 26.2 Å². The van der Waals surface area contributed by atoms with Crippen molar-refractivity contribution in [1.82, 2.24) is 14.7 Å². The van der Waals surface area contributed by atoms with Crippen molar-refractivity contribution in [3.63, 3.8) is 0 Å². The van der Waals surface area contributed by atoms with Crippen LogP contribution >= 0.6 is 0 Å². The summed E-state index contributed by atoms with van der Waals surface area (Å²) in [5.41, 5.74) is 7.10. The fraction of sp³-hybridized carbons (Fsp3) is 0.667. The monoisotopic (exact) mass is 238 g/mol. The Hall–Kier alpha value is -1.36. The number of hydrogen-bond acceptors (Lipinski definition) is 3. The molecule has 1 aromatic rings. The maximum atomic E-state index is 12.3. The highest BCUT2D eigenvalue weighted by Gasteiger charge is 2.21. The van der Waals surface area contributed by atoms with E-state index in [0.717, 1.165) is 12.1 Å². The fourth-order valence-corrected chi connectivity index (χ4v) is 1.78. The summed E-state index contributed by atoms with van der Waals surface area (Å²) < 4.78 is 1.65. The summed E-state index contributed by atoms with van der Waals surface area (Å²) in [6.07, 6.45) is 0.833. The number of aromatic nitrogens is 2. The van der Waals surface area contributed by atoms with Gasteiger partial charge < -0.3 is 10.6 Å². The van der Waals surface area contributed by atoms with Crippen LogP contribution in [0.1, 0.15) is 37.0 Å². The third kappa shape index (κ3) is 3.06. The molecule has 0 atom stereocenters. The molecule has 5 nitrogen and oxygen atoms in total. The van der Waals surface area contributed by atoms with E-state index < -0.39 is 0 Å². The van der Waals surface area contributed by atoms with Gasteiger partial charge >= 0.3 is 0 Å². The number of amides is 1. The molecule has 1 rings (SSSR count). The Morgan fingerprint density at radius 1 is 1.59 bits per heavy atom. The van der Waals surface area contributed by atoms with Crippen LogP contribution in [0.25, 0.3) is 0 Å². The lowest BCUT2D eigenvalue weighted by Crippen LogP contribution is -2.41. The molecule has 0 aromatic carbocycles. The fourth-order valence-electron chi connectivity index (χ4n) is 1.78. The number of rotatable bonds is 5. The smallest absolute Gasteiger partial charge is 0.272 e. The van der Waals surface area contributed by atoms with E-state index in [1.807, 2.05) is 26.8 Å². The molecule has 0 unspecified atom stereocenters. The molecule has 0 fully saturated rings. The summed E-state index contributed by atoms with van der Waals surface area (Å²) >= 11 is 0. The van der Waals surface area contributed by atoms with Gasteiger partial charge in [-0.15, -0.1) is 0 Å². The molecule has 1 amide bonds. The molecule has 17 heavy (non-hydrogen) atoms. The summed E-state index contributed by atoms with van der Waals surface area (Å²) in [4.78, 5) is 14.1. The second kappa shape index (κ2) is 5.82. The third-order valence-corrected chi connectivity index (χ3v) is 2.77. The van der Waals surface area contributed by atoms with Crippen molar-refractivity contribution in [2.24, 2.45) is 12.8 Å². The predicted octanol–water partition coefficient (Wildman–Crippen LogP) is 0.792. The maximum absolute atomic E-state index is 12.3. The average molecular weight is 238 g/mol. The minimum atomic E-state index is 0.000139. The van der Waals surface area contributed by atoms with Gasteiger partial charge in [0.05, 0.1) is 5.69 Å². The first kappa shape index (κ1) is 13.7. The highest BCUT2D eigenvalue weighted by atomic mass is 16.2. The zero-order valence-corrected chi connectivity index (χ0v) is 11.1. The van der Waals surface area contributed by atoms with Gasteiger partial charge in [-0.2, -0.15) is 5.10 Å². The van der Waals surface area contributed by atoms with E-state index in [9.17, 15) is 4.79 Å². The lowest BCUT2D eigenvalue weighted by atomic mass is 10.2. The molecule has 1 aromatic heterocycles. The van der Waals surface area contributed by atoms with Crippen LogP contribution in [0.2, 0.25) is 0 Å². The van der Waals surface area contributed by atoms with Gasteiger partial charge in [0.25, 0.3) is 5.91 Å². The molecule has 0 spiro atoms. The first-order chi connectivity index (χ1) is 8.01. The summed E-state index contributed by atoms with van der Waals surface area (Å²) in [7, 11) is 1.80. The van der Waals surface area contributed by atoms with Gasteiger partial charge in [0.15, 0.2) is 0 Å². The SMILES string of the molecule is CCc1cc(C(=O)N(CCN)C(C)C)n(C)n1. The maximum Gasteiger partial charge on any atom is 0.272 e. The molecular formula is C12H22N4O. The van der Waals surface area contributed by atoms with Crippen molar-refractivity contribution in [3.8, 4) is 0 Å². The molecule has 0 aliphatic carbocycles. The lowest BCUT2D eigenvalue weighted by Gasteiger charge is -2.25. The van der Waals surface area contributed by atoms with Crippen LogP contribution in [0, 0.1) is 0 Å². The molecule has 0 aliphatic rings. The second-order valence-electron chi connectivity index (χ2n) is 4.38. The third-order valence-electron chi connectivity index (χ3n) is 2.77. The standard InChI is InChI=1S/C12H22N4O/c1-5-10-8-11(15(4)14-10)12(17)16(7-6-13)9(2)3/h8-9H,5-7,13H2,1-4H3. The van der Waals surface area contributed by atoms with E-state index >= 15 is 0 Å². The second-order valence-corrected chi connectivity index (χ2v) is 4.38. The van der Waals surface area contributed by atoms with Crippen molar-refractivity contribution < 1.29 is 4.79 Å². The van der Waals surface area contributed by atoms with Crippen molar-refractivity contribution in [2.75, 3.05) is 13.1 Å². The summed E-state index contributed by atoms with van der Waals surface area (Å²) in [5.74, 6) is 0.000139. The van der Waals surface area contributed by atoms with Crippen LogP contribution in [-0.2, 0) is 13.5 Å². The van der Waals surface area contributed by atoms with Gasteiger partial charge in [-0.3, -0.25) is 9.48 Å². The summed E-state index contributed by atoms with van der Waals surface area (Å²) in [6.45, 7) is 7.05. The van der Waals surface area contributed by atoms with Gasteiger partial charge in [-0.1, -0.05) is 6.92 Å². The predicted molar refractivity (Wildman–Crippen MR) is 67.8 cm³/mol. The first-order valence-corrected chi connectivity index (χ1v) is 6.05. The van der Waals surface area contributed by atoms with E-state index in [-0.39, 0.29) is 11.9 Å². The molecule has 0 saturated carbocycles. The number of hydrogen-bond donors (Lipinski definition) is 1. The van der Waals surface area contributed by atoms with E-state index in [1.165, 1.54) is 0 Å². The molecule has 2 N–H and O–H groups in total. The Bertz CT molecular complexity index is 384. The van der Waals surface area contributed by atoms with Crippen molar-refractivity contribution in [2.45, 2.75) is 33.2 Å². The molecule has 0 saturated heterocycles. The quantitative estimate of drug-likeness (QED) is 0.825. The summed E-state index contributed by atoms with van der Waals surface area (Å²) in [5, 5.41) is 4.29. The van der Waals surface area contributed by atoms with Crippen LogP contribution in [0.3, 0.4) is 0 Å². The first-order valence-electron chi connectivity index (χ1n) is 6.05. The minimum Gasteiger partial charge on any atom is -0.334 e. The molecule has 0 aliphatic heterocycles. The topological polar surface area (TPSA) is 64.2 Å². The Morgan fingerprint density at radius 3 is 2.65 bits per heavy atom. The van der Waals surface area contributed by atoms with E-state index in [0.29, 0.717) is 18.8 Å². The summed E-state index contributed by atoms with van der Waals surface area (Å²) in [6, 6.07) is 2.00. The van der Waals surface area contributed by atoms with E-state index in [2.05, 4.69) is 5.10 Å². The van der Waals surface area contributed by atoms with Crippen molar-refractivity contribution in [3.05, 3.63) is 17.5 Å². The largest absolute Gasteiger partial charge is 0.334 e. The number of aryl methyl sites for hydroxylation is 2. The van der Waals surface area contributed by atoms with Crippen molar-refractivity contribution in [1.29, 1.82) is 0 Å². The Labute approximate surface area is 103 Å². The highest BCUT2D eigenvalue weighted by molar-refractivity contribution is 5.92. The van der Waals surface area contributed by atoms with Crippen LogP contribution < -0.4 is 5.73 Å². The lowest BCUT2D eigenvalue weighted by molar-refractivity contribution is 0.0700. The minimum absolute atomic E-state index is 0.000139. The Balaban J connectivity index is 2.96. The zero-order valence-electron chi connectivity index (χ0n) is 11.1. The Kier molecular flexibility index (Phi) is 4.69. The van der Waals surface area contributed by atoms with Crippen LogP contribution in [0.4, 0.5) is 0 Å². The molecule has 96 valence electrons. The van der Waals surface area contributed by atoms with Crippen LogP contribution in [0.15, 0.2) is 6.07 Å². The molecule has 1 heterocycles. The van der Waals surface area contributed by atoms with Gasteiger partial charge in [-0.25, -0.2) is 0 Å². The highest BCUT2D eigenvalue weighted by Crippen LogP contribution is 2.10. The number of nitrogens with two attached hydrogens (primary N) is 1. The van der Waals surface area contributed by atoms with Crippen molar-refractivity contribution >= 4 is 5.91 Å².